The maximum Gasteiger partial charge on any atom is 0.357 e. The highest BCUT2D eigenvalue weighted by molar-refractivity contribution is 5.85. The van der Waals surface area contributed by atoms with Crippen LogP contribution < -0.4 is 21.7 Å². The Morgan fingerprint density at radius 3 is 2.54 bits per heavy atom. The van der Waals surface area contributed by atoms with Crippen LogP contribution in [0.5, 0.6) is 5.75 Å². The maximum absolute atomic E-state index is 10.8. The van der Waals surface area contributed by atoms with E-state index in [2.05, 4.69) is 27.5 Å². The van der Waals surface area contributed by atoms with E-state index in [0.29, 0.717) is 5.75 Å². The molecular weight excluding hydrogens is 334 g/mol. The van der Waals surface area contributed by atoms with Gasteiger partial charge in [0.05, 0.1) is 11.7 Å². The van der Waals surface area contributed by atoms with Crippen LogP contribution in [0, 0.1) is 11.8 Å². The highest BCUT2D eigenvalue weighted by atomic mass is 16.5. The number of fused-ring (bicyclic) bond motifs is 1. The highest BCUT2D eigenvalue weighted by Gasteiger charge is 2.11. The summed E-state index contributed by atoms with van der Waals surface area (Å²) in [6, 6.07) is 12.5. The number of hydrogen-bond acceptors (Lipinski definition) is 6. The maximum atomic E-state index is 10.8. The number of ether oxygens (including phenoxy) is 1. The fourth-order valence-electron chi connectivity index (χ4n) is 2.14. The first-order valence-corrected chi connectivity index (χ1v) is 7.49. The summed E-state index contributed by atoms with van der Waals surface area (Å²) >= 11 is 0. The fraction of sp³-hybridized carbons (Fsp3) is 0. The summed E-state index contributed by atoms with van der Waals surface area (Å²) in [4.78, 5) is 10.8. The summed E-state index contributed by atoms with van der Waals surface area (Å²) in [5.41, 5.74) is 9.51. The molecule has 0 atom stereocenters. The van der Waals surface area contributed by atoms with Crippen LogP contribution in [0.3, 0.4) is 0 Å². The smallest absolute Gasteiger partial charge is 0.357 e. The minimum absolute atomic E-state index is 0.246. The zero-order valence-electron chi connectivity index (χ0n) is 13.5. The largest absolute Gasteiger partial charge is 0.476 e. The van der Waals surface area contributed by atoms with E-state index >= 15 is 0 Å². The first-order valence-electron chi connectivity index (χ1n) is 7.49. The van der Waals surface area contributed by atoms with Crippen molar-refractivity contribution in [3.8, 4) is 17.6 Å². The van der Waals surface area contributed by atoms with Gasteiger partial charge in [0.25, 0.3) is 0 Å². The van der Waals surface area contributed by atoms with Gasteiger partial charge in [-0.1, -0.05) is 11.8 Å². The Hall–Kier alpha value is -3.96. The van der Waals surface area contributed by atoms with Crippen LogP contribution in [0.4, 0.5) is 0 Å². The molecule has 0 spiro atoms. The van der Waals surface area contributed by atoms with Crippen LogP contribution in [0.25, 0.3) is 10.9 Å². The Labute approximate surface area is 148 Å². The first-order chi connectivity index (χ1) is 12.6. The molecule has 3 rings (SSSR count). The molecule has 1 aromatic heterocycles. The molecule has 3 aromatic rings. The van der Waals surface area contributed by atoms with Crippen molar-refractivity contribution < 1.29 is 14.6 Å². The number of aromatic amines is 1. The number of carboxylic acid groups (broad SMARTS) is 1. The quantitative estimate of drug-likeness (QED) is 0.156. The van der Waals surface area contributed by atoms with Crippen molar-refractivity contribution in [1.82, 2.24) is 15.6 Å². The van der Waals surface area contributed by atoms with E-state index < -0.39 is 11.7 Å². The van der Waals surface area contributed by atoms with Crippen molar-refractivity contribution in [2.24, 2.45) is 11.6 Å². The van der Waals surface area contributed by atoms with E-state index in [1.165, 1.54) is 0 Å². The molecule has 0 aliphatic rings. The Kier molecular flexibility index (Phi) is 4.74. The Balaban J connectivity index is 1.76. The van der Waals surface area contributed by atoms with Gasteiger partial charge in [-0.05, 0) is 42.5 Å². The number of hydrazine groups is 1. The van der Waals surface area contributed by atoms with Crippen LogP contribution in [0.2, 0.25) is 0 Å². The van der Waals surface area contributed by atoms with E-state index in [9.17, 15) is 4.79 Å². The summed E-state index contributed by atoms with van der Waals surface area (Å²) in [6.07, 6.45) is 1.75. The van der Waals surface area contributed by atoms with Crippen molar-refractivity contribution in [1.29, 1.82) is 0 Å². The van der Waals surface area contributed by atoms with Gasteiger partial charge in [-0.2, -0.15) is 5.10 Å². The number of nitrogens with zero attached hydrogens (tertiary/aromatic N) is 1. The first kappa shape index (κ1) is 16.9. The number of carbonyl (C=O) groups is 1. The van der Waals surface area contributed by atoms with Crippen molar-refractivity contribution in [3.63, 3.8) is 0 Å². The number of nitrogens with two attached hydrogens (primary N) is 2. The second-order valence-electron chi connectivity index (χ2n) is 5.24. The van der Waals surface area contributed by atoms with Crippen LogP contribution in [0.1, 0.15) is 11.1 Å². The average Bonchev–Trinajstić information content (AvgIpc) is 3.12. The minimum Gasteiger partial charge on any atom is -0.476 e. The number of H-pyrrole nitrogens is 1. The molecule has 0 bridgehead atoms. The standard InChI is InChI=1S/C18H15N5O3/c19-16(18(24)25)17(22-20)26-14-7-4-11(5-8-14)1-2-12-3-6-13-10-21-23-15(13)9-12/h3-10,22H,19-20H2,(H,21,23)(H,24,25)/b17-16+. The molecule has 0 aliphatic heterocycles. The molecule has 0 saturated heterocycles. The van der Waals surface area contributed by atoms with Gasteiger partial charge in [-0.25, -0.2) is 10.6 Å². The van der Waals surface area contributed by atoms with E-state index in [0.717, 1.165) is 22.0 Å². The van der Waals surface area contributed by atoms with Crippen LogP contribution >= 0.6 is 0 Å². The number of benzene rings is 2. The molecule has 26 heavy (non-hydrogen) atoms. The van der Waals surface area contributed by atoms with Gasteiger partial charge < -0.3 is 15.6 Å². The number of carboxylic acids is 1. The average molecular weight is 349 g/mol. The monoisotopic (exact) mass is 349 g/mol. The molecule has 0 radical (unpaired) electrons. The molecule has 2 aromatic carbocycles. The van der Waals surface area contributed by atoms with E-state index in [1.807, 2.05) is 18.2 Å². The topological polar surface area (TPSA) is 139 Å². The Bertz CT molecular complexity index is 1040. The van der Waals surface area contributed by atoms with Gasteiger partial charge in [0.2, 0.25) is 5.88 Å². The van der Waals surface area contributed by atoms with Gasteiger partial charge >= 0.3 is 5.97 Å². The highest BCUT2D eigenvalue weighted by Crippen LogP contribution is 2.15. The van der Waals surface area contributed by atoms with Gasteiger partial charge in [0.15, 0.2) is 5.70 Å². The number of hydrogen-bond donors (Lipinski definition) is 5. The van der Waals surface area contributed by atoms with E-state index in [-0.39, 0.29) is 5.88 Å². The molecule has 8 nitrogen and oxygen atoms in total. The van der Waals surface area contributed by atoms with Crippen molar-refractivity contribution in [3.05, 3.63) is 71.4 Å². The molecule has 1 heterocycles. The summed E-state index contributed by atoms with van der Waals surface area (Å²) < 4.78 is 5.32. The lowest BCUT2D eigenvalue weighted by Crippen LogP contribution is -2.31. The molecule has 0 aliphatic carbocycles. The molecule has 0 saturated carbocycles. The lowest BCUT2D eigenvalue weighted by Gasteiger charge is -2.10. The fourth-order valence-corrected chi connectivity index (χ4v) is 2.14. The molecule has 0 fully saturated rings. The Morgan fingerprint density at radius 1 is 1.15 bits per heavy atom. The molecule has 130 valence electrons. The van der Waals surface area contributed by atoms with Gasteiger partial charge in [-0.3, -0.25) is 10.5 Å². The van der Waals surface area contributed by atoms with Crippen molar-refractivity contribution in [2.75, 3.05) is 0 Å². The van der Waals surface area contributed by atoms with Crippen LogP contribution in [0.15, 0.2) is 60.2 Å². The SMILES string of the molecule is NN/C(Oc1ccc(C#Cc2ccc3cn[nH]c3c2)cc1)=C(\N)C(=O)O. The molecule has 7 N–H and O–H groups in total. The third-order valence-electron chi connectivity index (χ3n) is 3.47. The van der Waals surface area contributed by atoms with Gasteiger partial charge in [-0.15, -0.1) is 0 Å². The number of nitrogens with one attached hydrogen (secondary N) is 2. The van der Waals surface area contributed by atoms with E-state index in [4.69, 9.17) is 21.4 Å². The minimum atomic E-state index is -1.34. The third-order valence-corrected chi connectivity index (χ3v) is 3.47. The van der Waals surface area contributed by atoms with Crippen molar-refractivity contribution in [2.45, 2.75) is 0 Å². The predicted octanol–water partition coefficient (Wildman–Crippen LogP) is 1.02. The van der Waals surface area contributed by atoms with Crippen LogP contribution in [-0.4, -0.2) is 21.3 Å². The summed E-state index contributed by atoms with van der Waals surface area (Å²) in [5.74, 6) is 10.1. The molecule has 0 amide bonds. The molecule has 0 unspecified atom stereocenters. The second kappa shape index (κ2) is 7.29. The summed E-state index contributed by atoms with van der Waals surface area (Å²) in [6.45, 7) is 0. The molecular formula is C18H15N5O3. The second-order valence-corrected chi connectivity index (χ2v) is 5.24. The number of rotatable bonds is 4. The number of aliphatic carboxylic acids is 1. The normalized spacial score (nSPS) is 11.3. The lowest BCUT2D eigenvalue weighted by atomic mass is 10.1. The summed E-state index contributed by atoms with van der Waals surface area (Å²) in [7, 11) is 0. The number of aromatic nitrogens is 2. The van der Waals surface area contributed by atoms with Crippen LogP contribution in [-0.2, 0) is 4.79 Å². The predicted molar refractivity (Wildman–Crippen MR) is 95.3 cm³/mol. The van der Waals surface area contributed by atoms with Gasteiger partial charge in [0.1, 0.15) is 5.75 Å². The lowest BCUT2D eigenvalue weighted by molar-refractivity contribution is -0.132. The third kappa shape index (κ3) is 3.75. The van der Waals surface area contributed by atoms with Gasteiger partial charge in [0, 0.05) is 16.5 Å². The van der Waals surface area contributed by atoms with E-state index in [1.54, 1.807) is 30.5 Å². The molecule has 8 heteroatoms. The summed E-state index contributed by atoms with van der Waals surface area (Å²) in [5, 5.41) is 16.7. The zero-order valence-corrected chi connectivity index (χ0v) is 13.5. The zero-order chi connectivity index (χ0) is 18.5. The Morgan fingerprint density at radius 2 is 1.85 bits per heavy atom. The van der Waals surface area contributed by atoms with Crippen molar-refractivity contribution >= 4 is 16.9 Å².